The number of rotatable bonds is 2. The van der Waals surface area contributed by atoms with Crippen molar-refractivity contribution in [2.45, 2.75) is 45.8 Å². The number of aromatic amines is 1. The Kier molecular flexibility index (Phi) is 3.40. The van der Waals surface area contributed by atoms with Crippen molar-refractivity contribution in [1.82, 2.24) is 4.98 Å². The monoisotopic (exact) mass is 291 g/mol. The number of ether oxygens (including phenoxy) is 2. The van der Waals surface area contributed by atoms with Crippen LogP contribution in [0.5, 0.6) is 0 Å². The third kappa shape index (κ3) is 2.29. The van der Waals surface area contributed by atoms with Crippen LogP contribution in [0.1, 0.15) is 42.7 Å². The summed E-state index contributed by atoms with van der Waals surface area (Å²) in [5.74, 6) is -0.291. The molecule has 3 rings (SSSR count). The van der Waals surface area contributed by atoms with Crippen LogP contribution in [0.25, 0.3) is 0 Å². The average Bonchev–Trinajstić information content (AvgIpc) is 2.44. The van der Waals surface area contributed by atoms with Crippen molar-refractivity contribution in [3.05, 3.63) is 33.7 Å². The van der Waals surface area contributed by atoms with Gasteiger partial charge < -0.3 is 14.5 Å². The molecule has 0 aromatic carbocycles. The molecule has 2 fully saturated rings. The second-order valence-electron chi connectivity index (χ2n) is 6.63. The Labute approximate surface area is 123 Å². The summed E-state index contributed by atoms with van der Waals surface area (Å²) in [6, 6.07) is 3.23. The van der Waals surface area contributed by atoms with Crippen LogP contribution >= 0.6 is 0 Å². The first-order valence-electron chi connectivity index (χ1n) is 7.44. The van der Waals surface area contributed by atoms with Gasteiger partial charge in [0.2, 0.25) is 0 Å². The molecule has 1 N–H and O–H groups in total. The summed E-state index contributed by atoms with van der Waals surface area (Å²) in [6.07, 6.45) is 1.98. The van der Waals surface area contributed by atoms with E-state index in [4.69, 9.17) is 9.47 Å². The standard InChI is InChI=1S/C16H21NO4/c1-9-6-7-11(14(18)17-9)15(19)21-13-10-5-4-8-20-12(10)16(13,2)3/h6-7,10,12-13H,4-5,8H2,1-3H3,(H,17,18)/t10-,12-,13+/m0/s1. The first kappa shape index (κ1) is 14.3. The topological polar surface area (TPSA) is 68.4 Å². The average molecular weight is 291 g/mol. The molecule has 0 amide bonds. The van der Waals surface area contributed by atoms with Crippen LogP contribution in [-0.4, -0.2) is 29.8 Å². The maximum Gasteiger partial charge on any atom is 0.344 e. The first-order chi connectivity index (χ1) is 9.91. The van der Waals surface area contributed by atoms with E-state index in [-0.39, 0.29) is 29.1 Å². The van der Waals surface area contributed by atoms with Crippen molar-refractivity contribution in [3.63, 3.8) is 0 Å². The maximum atomic E-state index is 12.3. The van der Waals surface area contributed by atoms with Crippen molar-refractivity contribution in [2.24, 2.45) is 11.3 Å². The number of esters is 1. The van der Waals surface area contributed by atoms with Gasteiger partial charge in [-0.05, 0) is 31.9 Å². The van der Waals surface area contributed by atoms with Crippen LogP contribution in [0.15, 0.2) is 16.9 Å². The van der Waals surface area contributed by atoms with Crippen LogP contribution in [0.2, 0.25) is 0 Å². The lowest BCUT2D eigenvalue weighted by Gasteiger charge is -2.58. The molecule has 1 aliphatic carbocycles. The second-order valence-corrected chi connectivity index (χ2v) is 6.63. The first-order valence-corrected chi connectivity index (χ1v) is 7.44. The van der Waals surface area contributed by atoms with Crippen molar-refractivity contribution >= 4 is 5.97 Å². The molecule has 3 atom stereocenters. The lowest BCUT2D eigenvalue weighted by molar-refractivity contribution is -0.243. The third-order valence-corrected chi connectivity index (χ3v) is 4.73. The molecule has 114 valence electrons. The zero-order chi connectivity index (χ0) is 15.2. The number of hydrogen-bond donors (Lipinski definition) is 1. The fourth-order valence-electron chi connectivity index (χ4n) is 3.63. The van der Waals surface area contributed by atoms with Gasteiger partial charge in [0.1, 0.15) is 11.7 Å². The highest BCUT2D eigenvalue weighted by molar-refractivity contribution is 5.89. The Morgan fingerprint density at radius 2 is 2.19 bits per heavy atom. The minimum atomic E-state index is -0.543. The molecular formula is C16H21NO4. The van der Waals surface area contributed by atoms with Gasteiger partial charge in [-0.3, -0.25) is 4.79 Å². The number of aromatic nitrogens is 1. The van der Waals surface area contributed by atoms with E-state index < -0.39 is 11.5 Å². The summed E-state index contributed by atoms with van der Waals surface area (Å²) < 4.78 is 11.4. The van der Waals surface area contributed by atoms with Gasteiger partial charge in [-0.15, -0.1) is 0 Å². The maximum absolute atomic E-state index is 12.3. The fourth-order valence-corrected chi connectivity index (χ4v) is 3.63. The Hall–Kier alpha value is -1.62. The van der Waals surface area contributed by atoms with Crippen LogP contribution in [-0.2, 0) is 9.47 Å². The van der Waals surface area contributed by atoms with Crippen LogP contribution < -0.4 is 5.56 Å². The summed E-state index contributed by atoms with van der Waals surface area (Å²) in [5.41, 5.74) is 0.199. The molecule has 0 bridgehead atoms. The Balaban J connectivity index is 1.77. The lowest BCUT2D eigenvalue weighted by Crippen LogP contribution is -2.65. The van der Waals surface area contributed by atoms with E-state index in [0.29, 0.717) is 0 Å². The summed E-state index contributed by atoms with van der Waals surface area (Å²) in [4.78, 5) is 26.7. The molecular weight excluding hydrogens is 270 g/mol. The highest BCUT2D eigenvalue weighted by Crippen LogP contribution is 2.53. The number of pyridine rings is 1. The summed E-state index contributed by atoms with van der Waals surface area (Å²) in [7, 11) is 0. The summed E-state index contributed by atoms with van der Waals surface area (Å²) >= 11 is 0. The van der Waals surface area contributed by atoms with E-state index in [9.17, 15) is 9.59 Å². The predicted octanol–water partition coefficient (Wildman–Crippen LogP) is 2.04. The van der Waals surface area contributed by atoms with Crippen LogP contribution in [0.3, 0.4) is 0 Å². The van der Waals surface area contributed by atoms with Gasteiger partial charge in [0, 0.05) is 23.6 Å². The van der Waals surface area contributed by atoms with E-state index in [2.05, 4.69) is 18.8 Å². The summed E-state index contributed by atoms with van der Waals surface area (Å²) in [6.45, 7) is 6.66. The van der Waals surface area contributed by atoms with E-state index in [0.717, 1.165) is 25.1 Å². The number of fused-ring (bicyclic) bond motifs is 1. The SMILES string of the molecule is Cc1ccc(C(=O)O[C@@H]2[C@H]3CCCO[C@@H]3C2(C)C)c(=O)[nH]1. The Morgan fingerprint density at radius 3 is 2.90 bits per heavy atom. The molecule has 1 saturated heterocycles. The molecule has 0 spiro atoms. The quantitative estimate of drug-likeness (QED) is 0.847. The molecule has 1 aromatic rings. The van der Waals surface area contributed by atoms with Gasteiger partial charge in [0.25, 0.3) is 5.56 Å². The number of H-pyrrole nitrogens is 1. The molecule has 5 heteroatoms. The molecule has 1 aromatic heterocycles. The number of carbonyl (C=O) groups is 1. The fraction of sp³-hybridized carbons (Fsp3) is 0.625. The van der Waals surface area contributed by atoms with Gasteiger partial charge in [0.15, 0.2) is 0 Å². The molecule has 0 radical (unpaired) electrons. The number of nitrogens with one attached hydrogen (secondary N) is 1. The van der Waals surface area contributed by atoms with Gasteiger partial charge in [-0.1, -0.05) is 13.8 Å². The zero-order valence-corrected chi connectivity index (χ0v) is 12.6. The molecule has 21 heavy (non-hydrogen) atoms. The minimum absolute atomic E-state index is 0.0663. The van der Waals surface area contributed by atoms with Gasteiger partial charge in [0.05, 0.1) is 6.10 Å². The number of hydrogen-bond acceptors (Lipinski definition) is 4. The van der Waals surface area contributed by atoms with E-state index >= 15 is 0 Å². The predicted molar refractivity (Wildman–Crippen MR) is 77.2 cm³/mol. The van der Waals surface area contributed by atoms with Crippen LogP contribution in [0.4, 0.5) is 0 Å². The number of aryl methyl sites for hydroxylation is 1. The largest absolute Gasteiger partial charge is 0.458 e. The molecule has 2 aliphatic rings. The molecule has 5 nitrogen and oxygen atoms in total. The minimum Gasteiger partial charge on any atom is -0.458 e. The zero-order valence-electron chi connectivity index (χ0n) is 12.6. The van der Waals surface area contributed by atoms with Gasteiger partial charge >= 0.3 is 5.97 Å². The summed E-state index contributed by atoms with van der Waals surface area (Å²) in [5, 5.41) is 0. The Morgan fingerprint density at radius 1 is 1.43 bits per heavy atom. The van der Waals surface area contributed by atoms with Crippen molar-refractivity contribution < 1.29 is 14.3 Å². The van der Waals surface area contributed by atoms with Gasteiger partial charge in [-0.25, -0.2) is 4.79 Å². The smallest absolute Gasteiger partial charge is 0.344 e. The van der Waals surface area contributed by atoms with Crippen molar-refractivity contribution in [1.29, 1.82) is 0 Å². The van der Waals surface area contributed by atoms with Crippen LogP contribution in [0, 0.1) is 18.3 Å². The van der Waals surface area contributed by atoms with Crippen molar-refractivity contribution in [2.75, 3.05) is 6.61 Å². The molecule has 1 aliphatic heterocycles. The van der Waals surface area contributed by atoms with E-state index in [1.54, 1.807) is 13.0 Å². The van der Waals surface area contributed by atoms with Crippen molar-refractivity contribution in [3.8, 4) is 0 Å². The lowest BCUT2D eigenvalue weighted by atomic mass is 9.57. The molecule has 0 unspecified atom stereocenters. The van der Waals surface area contributed by atoms with E-state index in [1.165, 1.54) is 6.07 Å². The molecule has 1 saturated carbocycles. The third-order valence-electron chi connectivity index (χ3n) is 4.73. The second kappa shape index (κ2) is 4.98. The Bertz CT molecular complexity index is 619. The number of carbonyl (C=O) groups excluding carboxylic acids is 1. The normalized spacial score (nSPS) is 30.1. The highest BCUT2D eigenvalue weighted by Gasteiger charge is 2.60. The molecule has 2 heterocycles. The van der Waals surface area contributed by atoms with E-state index in [1.807, 2.05) is 0 Å². The highest BCUT2D eigenvalue weighted by atomic mass is 16.6. The van der Waals surface area contributed by atoms with Gasteiger partial charge in [-0.2, -0.15) is 0 Å².